The maximum atomic E-state index is 10.8. The standard InChI is InChI=1S/C17H26N2O/c1-14(2)12-18-8-10-19(11-9-18)17-6-4-16(5-7-17)15(3)13-20/h4-7,13-15H,8-12H2,1-3H3. The summed E-state index contributed by atoms with van der Waals surface area (Å²) in [4.78, 5) is 15.8. The van der Waals surface area contributed by atoms with Crippen LogP contribution in [0.1, 0.15) is 32.3 Å². The Hall–Kier alpha value is -1.35. The van der Waals surface area contributed by atoms with Gasteiger partial charge in [0.05, 0.1) is 0 Å². The van der Waals surface area contributed by atoms with Crippen LogP contribution < -0.4 is 4.90 Å². The highest BCUT2D eigenvalue weighted by Gasteiger charge is 2.17. The number of carbonyl (C=O) groups is 1. The number of carbonyl (C=O) groups excluding carboxylic acids is 1. The van der Waals surface area contributed by atoms with Gasteiger partial charge in [-0.2, -0.15) is 0 Å². The minimum atomic E-state index is -0.00746. The second kappa shape index (κ2) is 6.89. The summed E-state index contributed by atoms with van der Waals surface area (Å²) in [6.07, 6.45) is 1.000. The smallest absolute Gasteiger partial charge is 0.127 e. The topological polar surface area (TPSA) is 23.6 Å². The van der Waals surface area contributed by atoms with E-state index in [1.807, 2.05) is 6.92 Å². The molecule has 1 aromatic carbocycles. The second-order valence-electron chi connectivity index (χ2n) is 6.20. The molecule has 0 saturated carbocycles. The molecule has 3 heteroatoms. The SMILES string of the molecule is CC(C)CN1CCN(c2ccc(C(C)C=O)cc2)CC1. The molecule has 110 valence electrons. The molecule has 1 heterocycles. The Balaban J connectivity index is 1.92. The predicted molar refractivity (Wildman–Crippen MR) is 84.4 cm³/mol. The van der Waals surface area contributed by atoms with Crippen molar-refractivity contribution in [2.45, 2.75) is 26.7 Å². The van der Waals surface area contributed by atoms with Crippen molar-refractivity contribution in [1.82, 2.24) is 4.90 Å². The number of hydrogen-bond donors (Lipinski definition) is 0. The van der Waals surface area contributed by atoms with Crippen LogP contribution in [-0.4, -0.2) is 43.9 Å². The first-order valence-corrected chi connectivity index (χ1v) is 7.62. The van der Waals surface area contributed by atoms with E-state index in [1.54, 1.807) is 0 Å². The third-order valence-corrected chi connectivity index (χ3v) is 3.98. The van der Waals surface area contributed by atoms with Gasteiger partial charge in [0.15, 0.2) is 0 Å². The molecule has 0 N–H and O–H groups in total. The van der Waals surface area contributed by atoms with Gasteiger partial charge in [-0.05, 0) is 23.6 Å². The number of anilines is 1. The molecule has 2 rings (SSSR count). The van der Waals surface area contributed by atoms with Crippen molar-refractivity contribution in [3.63, 3.8) is 0 Å². The minimum Gasteiger partial charge on any atom is -0.369 e. The molecule has 0 spiro atoms. The summed E-state index contributed by atoms with van der Waals surface area (Å²) in [7, 11) is 0. The van der Waals surface area contributed by atoms with E-state index in [2.05, 4.69) is 47.9 Å². The lowest BCUT2D eigenvalue weighted by Gasteiger charge is -2.37. The molecule has 20 heavy (non-hydrogen) atoms. The Morgan fingerprint density at radius 3 is 2.15 bits per heavy atom. The van der Waals surface area contributed by atoms with Crippen molar-refractivity contribution in [1.29, 1.82) is 0 Å². The highest BCUT2D eigenvalue weighted by Crippen LogP contribution is 2.20. The molecular weight excluding hydrogens is 248 g/mol. The Labute approximate surface area is 122 Å². The quantitative estimate of drug-likeness (QED) is 0.771. The van der Waals surface area contributed by atoms with E-state index in [0.29, 0.717) is 0 Å². The lowest BCUT2D eigenvalue weighted by atomic mass is 10.0. The summed E-state index contributed by atoms with van der Waals surface area (Å²) in [5.41, 5.74) is 2.37. The molecule has 0 radical (unpaired) electrons. The number of benzene rings is 1. The molecule has 1 aliphatic heterocycles. The van der Waals surface area contributed by atoms with Crippen LogP contribution in [0, 0.1) is 5.92 Å². The molecule has 0 aliphatic carbocycles. The van der Waals surface area contributed by atoms with E-state index in [-0.39, 0.29) is 5.92 Å². The van der Waals surface area contributed by atoms with Crippen LogP contribution in [-0.2, 0) is 4.79 Å². The van der Waals surface area contributed by atoms with Gasteiger partial charge in [0.1, 0.15) is 6.29 Å². The molecule has 1 atom stereocenters. The average Bonchev–Trinajstić information content (AvgIpc) is 2.47. The van der Waals surface area contributed by atoms with E-state index in [1.165, 1.54) is 12.2 Å². The minimum absolute atomic E-state index is 0.00746. The van der Waals surface area contributed by atoms with Crippen LogP contribution in [0.5, 0.6) is 0 Å². The maximum absolute atomic E-state index is 10.8. The van der Waals surface area contributed by atoms with Crippen LogP contribution in [0.4, 0.5) is 5.69 Å². The fourth-order valence-electron chi connectivity index (χ4n) is 2.77. The molecule has 0 aromatic heterocycles. The molecule has 1 aromatic rings. The zero-order valence-electron chi connectivity index (χ0n) is 12.9. The lowest BCUT2D eigenvalue weighted by molar-refractivity contribution is -0.108. The number of hydrogen-bond acceptors (Lipinski definition) is 3. The molecule has 1 saturated heterocycles. The highest BCUT2D eigenvalue weighted by molar-refractivity contribution is 5.62. The summed E-state index contributed by atoms with van der Waals surface area (Å²) in [5, 5.41) is 0. The van der Waals surface area contributed by atoms with Gasteiger partial charge in [0.25, 0.3) is 0 Å². The van der Waals surface area contributed by atoms with Crippen molar-refractivity contribution in [2.24, 2.45) is 5.92 Å². The third kappa shape index (κ3) is 3.83. The zero-order chi connectivity index (χ0) is 14.5. The number of nitrogens with zero attached hydrogens (tertiary/aromatic N) is 2. The molecular formula is C17H26N2O. The first kappa shape index (κ1) is 15.0. The van der Waals surface area contributed by atoms with E-state index in [9.17, 15) is 4.79 Å². The number of rotatable bonds is 5. The van der Waals surface area contributed by atoms with Crippen LogP contribution in [0.25, 0.3) is 0 Å². The maximum Gasteiger partial charge on any atom is 0.127 e. The Morgan fingerprint density at radius 2 is 1.65 bits per heavy atom. The zero-order valence-corrected chi connectivity index (χ0v) is 12.9. The van der Waals surface area contributed by atoms with Gasteiger partial charge in [-0.1, -0.05) is 32.9 Å². The first-order chi connectivity index (χ1) is 9.60. The average molecular weight is 274 g/mol. The largest absolute Gasteiger partial charge is 0.369 e. The van der Waals surface area contributed by atoms with Crippen LogP contribution in [0.3, 0.4) is 0 Å². The van der Waals surface area contributed by atoms with E-state index in [0.717, 1.165) is 43.9 Å². The van der Waals surface area contributed by atoms with E-state index < -0.39 is 0 Å². The van der Waals surface area contributed by atoms with Crippen LogP contribution in [0.15, 0.2) is 24.3 Å². The molecule has 0 amide bonds. The third-order valence-electron chi connectivity index (χ3n) is 3.98. The fraction of sp³-hybridized carbons (Fsp3) is 0.588. The van der Waals surface area contributed by atoms with Gasteiger partial charge < -0.3 is 9.69 Å². The van der Waals surface area contributed by atoms with Crippen molar-refractivity contribution in [3.8, 4) is 0 Å². The van der Waals surface area contributed by atoms with Gasteiger partial charge in [0, 0.05) is 44.3 Å². The van der Waals surface area contributed by atoms with E-state index >= 15 is 0 Å². The van der Waals surface area contributed by atoms with E-state index in [4.69, 9.17) is 0 Å². The van der Waals surface area contributed by atoms with Gasteiger partial charge >= 0.3 is 0 Å². The Morgan fingerprint density at radius 1 is 1.05 bits per heavy atom. The number of aldehydes is 1. The van der Waals surface area contributed by atoms with Crippen molar-refractivity contribution < 1.29 is 4.79 Å². The number of piperazine rings is 1. The van der Waals surface area contributed by atoms with Gasteiger partial charge in [0.2, 0.25) is 0 Å². The summed E-state index contributed by atoms with van der Waals surface area (Å²) < 4.78 is 0. The summed E-state index contributed by atoms with van der Waals surface area (Å²) in [6.45, 7) is 12.2. The van der Waals surface area contributed by atoms with Gasteiger partial charge in [-0.25, -0.2) is 0 Å². The first-order valence-electron chi connectivity index (χ1n) is 7.62. The van der Waals surface area contributed by atoms with Gasteiger partial charge in [-0.15, -0.1) is 0 Å². The predicted octanol–water partition coefficient (Wildman–Crippen LogP) is 2.77. The summed E-state index contributed by atoms with van der Waals surface area (Å²) in [5.74, 6) is 0.734. The van der Waals surface area contributed by atoms with Crippen LogP contribution in [0.2, 0.25) is 0 Å². The fourth-order valence-corrected chi connectivity index (χ4v) is 2.77. The second-order valence-corrected chi connectivity index (χ2v) is 6.20. The molecule has 1 aliphatic rings. The molecule has 1 fully saturated rings. The Bertz CT molecular complexity index is 419. The molecule has 0 bridgehead atoms. The van der Waals surface area contributed by atoms with Crippen molar-refractivity contribution in [2.75, 3.05) is 37.6 Å². The van der Waals surface area contributed by atoms with Crippen molar-refractivity contribution >= 4 is 12.0 Å². The summed E-state index contributed by atoms with van der Waals surface area (Å²) >= 11 is 0. The lowest BCUT2D eigenvalue weighted by Crippen LogP contribution is -2.47. The van der Waals surface area contributed by atoms with Crippen molar-refractivity contribution in [3.05, 3.63) is 29.8 Å². The highest BCUT2D eigenvalue weighted by atomic mass is 16.1. The normalized spacial score (nSPS) is 18.3. The molecule has 1 unspecified atom stereocenters. The monoisotopic (exact) mass is 274 g/mol. The molecule has 3 nitrogen and oxygen atoms in total. The summed E-state index contributed by atoms with van der Waals surface area (Å²) in [6, 6.07) is 8.45. The van der Waals surface area contributed by atoms with Crippen LogP contribution >= 0.6 is 0 Å². The Kier molecular flexibility index (Phi) is 5.18. The van der Waals surface area contributed by atoms with Gasteiger partial charge in [-0.3, -0.25) is 4.90 Å².